The molecule has 4 rings (SSSR count). The molecule has 3 amide bonds. The van der Waals surface area contributed by atoms with E-state index in [1.807, 2.05) is 95.3 Å². The van der Waals surface area contributed by atoms with Crippen LogP contribution in [-0.2, 0) is 27.4 Å². The van der Waals surface area contributed by atoms with Crippen molar-refractivity contribution in [1.82, 2.24) is 30.8 Å². The van der Waals surface area contributed by atoms with Gasteiger partial charge >= 0.3 is 6.09 Å². The Balaban J connectivity index is 1.46. The fourth-order valence-corrected chi connectivity index (χ4v) is 6.79. The highest BCUT2D eigenvalue weighted by atomic mass is 32.2. The van der Waals surface area contributed by atoms with Crippen molar-refractivity contribution in [1.29, 1.82) is 0 Å². The van der Waals surface area contributed by atoms with Crippen LogP contribution in [0, 0.1) is 5.92 Å². The van der Waals surface area contributed by atoms with Gasteiger partial charge in [-0.3, -0.25) is 9.59 Å². The summed E-state index contributed by atoms with van der Waals surface area (Å²) in [5.74, 6) is -0.827. The molecule has 264 valence electrons. The Morgan fingerprint density at radius 1 is 0.980 bits per heavy atom. The second kappa shape index (κ2) is 18.1. The minimum absolute atomic E-state index is 0.00318. The average molecular weight is 691 g/mol. The second-order valence-corrected chi connectivity index (χ2v) is 15.0. The number of rotatable bonds is 14. The summed E-state index contributed by atoms with van der Waals surface area (Å²) in [6, 6.07) is 18.5. The first-order chi connectivity index (χ1) is 23.4. The van der Waals surface area contributed by atoms with E-state index in [-0.39, 0.29) is 30.2 Å². The van der Waals surface area contributed by atoms with Crippen molar-refractivity contribution in [3.8, 4) is 0 Å². The molecule has 49 heavy (non-hydrogen) atoms. The van der Waals surface area contributed by atoms with Gasteiger partial charge in [0.05, 0.1) is 18.2 Å². The number of hydrogen-bond donors (Lipinski definition) is 4. The maximum atomic E-state index is 14.1. The number of carbonyl (C=O) groups excluding carboxylic acids is 3. The number of carbonyl (C=O) groups is 3. The van der Waals surface area contributed by atoms with E-state index in [0.29, 0.717) is 24.5 Å². The second-order valence-electron chi connectivity index (χ2n) is 13.7. The maximum Gasteiger partial charge on any atom is 0.408 e. The van der Waals surface area contributed by atoms with Crippen LogP contribution in [0.15, 0.2) is 84.3 Å². The van der Waals surface area contributed by atoms with Crippen LogP contribution < -0.4 is 16.0 Å². The fourth-order valence-electron chi connectivity index (χ4n) is 5.72. The summed E-state index contributed by atoms with van der Waals surface area (Å²) in [5.41, 5.74) is 1.12. The van der Waals surface area contributed by atoms with Gasteiger partial charge in [0.25, 0.3) is 0 Å². The Hall–Kier alpha value is -4.00. The Labute approximate surface area is 294 Å². The summed E-state index contributed by atoms with van der Waals surface area (Å²) in [4.78, 5) is 51.0. The first-order valence-corrected chi connectivity index (χ1v) is 17.8. The van der Waals surface area contributed by atoms with Gasteiger partial charge in [0.1, 0.15) is 12.6 Å². The van der Waals surface area contributed by atoms with E-state index in [1.165, 1.54) is 0 Å². The number of thioether (sulfide) groups is 1. The molecule has 1 aliphatic heterocycles. The molecule has 0 radical (unpaired) electrons. The Morgan fingerprint density at radius 3 is 2.22 bits per heavy atom. The number of ether oxygens (including phenoxy) is 1. The molecule has 2 heterocycles. The molecule has 3 aromatic rings. The molecule has 0 unspecified atom stereocenters. The van der Waals surface area contributed by atoms with Gasteiger partial charge in [0.2, 0.25) is 11.8 Å². The number of nitrogens with zero attached hydrogens (tertiary/aromatic N) is 3. The molecule has 4 N–H and O–H groups in total. The Bertz CT molecular complexity index is 1470. The summed E-state index contributed by atoms with van der Waals surface area (Å²) in [6.45, 7) is 10.2. The Morgan fingerprint density at radius 2 is 1.61 bits per heavy atom. The number of aromatic nitrogens is 2. The fraction of sp³-hybridized carbons (Fsp3) is 0.486. The van der Waals surface area contributed by atoms with Crippen molar-refractivity contribution >= 4 is 29.7 Å². The minimum atomic E-state index is -1.11. The molecule has 5 atom stereocenters. The summed E-state index contributed by atoms with van der Waals surface area (Å²) < 4.78 is 5.38. The van der Waals surface area contributed by atoms with Gasteiger partial charge in [-0.15, -0.1) is 0 Å². The maximum absolute atomic E-state index is 14.1. The largest absolute Gasteiger partial charge is 0.445 e. The predicted molar refractivity (Wildman–Crippen MR) is 191 cm³/mol. The number of benzene rings is 2. The number of amides is 3. The summed E-state index contributed by atoms with van der Waals surface area (Å²) >= 11 is 1.57. The smallest absolute Gasteiger partial charge is 0.408 e. The van der Waals surface area contributed by atoms with Gasteiger partial charge in [-0.1, -0.05) is 86.3 Å². The lowest BCUT2D eigenvalue weighted by Gasteiger charge is -2.42. The number of nitrogens with one attached hydrogen (secondary N) is 3. The zero-order chi connectivity index (χ0) is 35.4. The van der Waals surface area contributed by atoms with Crippen molar-refractivity contribution in [2.24, 2.45) is 5.92 Å². The van der Waals surface area contributed by atoms with Crippen molar-refractivity contribution in [3.05, 3.63) is 90.3 Å². The van der Waals surface area contributed by atoms with Gasteiger partial charge in [-0.2, -0.15) is 0 Å². The van der Waals surface area contributed by atoms with Crippen LogP contribution in [0.3, 0.4) is 0 Å². The summed E-state index contributed by atoms with van der Waals surface area (Å²) in [7, 11) is 0. The standard InChI is InChI=1S/C37H50N6O5S/c1-25(2)32(42-36(47)48-24-27-15-10-7-11-16-27)33(45)41-29(21-26-13-8-6-9-14-26)31(44)23-43(37(3,4)5)34(46)30-22-28(17-20-38-30)49-35-39-18-12-19-40-35/h6-16,18-19,25,28-32,38,44H,17,20-24H2,1-5H3,(H,41,45)(H,42,47)/t28-,29+,30+,31-,32+/m1/s1. The zero-order valence-electron chi connectivity index (χ0n) is 29.0. The van der Waals surface area contributed by atoms with E-state index in [2.05, 4.69) is 25.9 Å². The Kier molecular flexibility index (Phi) is 14.0. The third-order valence-electron chi connectivity index (χ3n) is 8.44. The number of aliphatic hydroxyl groups is 1. The molecular weight excluding hydrogens is 641 g/mol. The van der Waals surface area contributed by atoms with Gasteiger partial charge in [0.15, 0.2) is 5.16 Å². The van der Waals surface area contributed by atoms with Crippen molar-refractivity contribution in [2.75, 3.05) is 13.1 Å². The van der Waals surface area contributed by atoms with Crippen LogP contribution >= 0.6 is 11.8 Å². The van der Waals surface area contributed by atoms with Crippen LogP contribution in [-0.4, -0.2) is 86.0 Å². The molecule has 1 saturated heterocycles. The monoisotopic (exact) mass is 690 g/mol. The number of piperidine rings is 1. The molecule has 11 nitrogen and oxygen atoms in total. The first-order valence-electron chi connectivity index (χ1n) is 16.9. The molecule has 0 bridgehead atoms. The van der Waals surface area contributed by atoms with Crippen LogP contribution in [0.2, 0.25) is 0 Å². The molecule has 1 aromatic heterocycles. The van der Waals surface area contributed by atoms with E-state index in [0.717, 1.165) is 17.5 Å². The normalized spacial score (nSPS) is 18.2. The quantitative estimate of drug-likeness (QED) is 0.181. The van der Waals surface area contributed by atoms with Gasteiger partial charge < -0.3 is 30.7 Å². The van der Waals surface area contributed by atoms with Crippen LogP contribution in [0.25, 0.3) is 0 Å². The molecule has 0 saturated carbocycles. The summed E-state index contributed by atoms with van der Waals surface area (Å²) in [6.07, 6.45) is 3.39. The third kappa shape index (κ3) is 11.8. The van der Waals surface area contributed by atoms with Crippen LogP contribution in [0.1, 0.15) is 58.6 Å². The lowest BCUT2D eigenvalue weighted by Crippen LogP contribution is -2.61. The van der Waals surface area contributed by atoms with Crippen LogP contribution in [0.4, 0.5) is 4.79 Å². The predicted octanol–water partition coefficient (Wildman–Crippen LogP) is 4.36. The number of β-amino-alcohol motifs (C(OH)–C–C–N with tert-alkyl or cyclic N) is 1. The van der Waals surface area contributed by atoms with Crippen LogP contribution in [0.5, 0.6) is 0 Å². The van der Waals surface area contributed by atoms with E-state index < -0.39 is 41.8 Å². The highest BCUT2D eigenvalue weighted by Crippen LogP contribution is 2.29. The lowest BCUT2D eigenvalue weighted by atomic mass is 9.95. The van der Waals surface area contributed by atoms with E-state index in [4.69, 9.17) is 4.74 Å². The molecule has 12 heteroatoms. The molecule has 0 spiro atoms. The number of hydrogen-bond acceptors (Lipinski definition) is 9. The zero-order valence-corrected chi connectivity index (χ0v) is 29.9. The topological polar surface area (TPSA) is 146 Å². The van der Waals surface area contributed by atoms with Gasteiger partial charge in [-0.25, -0.2) is 14.8 Å². The third-order valence-corrected chi connectivity index (χ3v) is 9.62. The van der Waals surface area contributed by atoms with Crippen molar-refractivity contribution in [2.45, 2.75) is 101 Å². The number of aliphatic hydroxyl groups excluding tert-OH is 1. The average Bonchev–Trinajstić information content (AvgIpc) is 3.08. The molecular formula is C37H50N6O5S. The SMILES string of the molecule is CC(C)[C@H](NC(=O)OCc1ccccc1)C(=O)N[C@@H](Cc1ccccc1)[C@H](O)CN(C(=O)[C@@H]1C[C@H](Sc2ncccn2)CCN1)C(C)(C)C. The molecule has 1 fully saturated rings. The minimum Gasteiger partial charge on any atom is -0.445 e. The summed E-state index contributed by atoms with van der Waals surface area (Å²) in [5, 5.41) is 21.7. The highest BCUT2D eigenvalue weighted by Gasteiger charge is 2.38. The lowest BCUT2D eigenvalue weighted by molar-refractivity contribution is -0.141. The first kappa shape index (κ1) is 37.8. The molecule has 2 aromatic carbocycles. The van der Waals surface area contributed by atoms with E-state index in [1.54, 1.807) is 35.1 Å². The van der Waals surface area contributed by atoms with E-state index in [9.17, 15) is 19.5 Å². The van der Waals surface area contributed by atoms with E-state index >= 15 is 0 Å². The molecule has 1 aliphatic rings. The highest BCUT2D eigenvalue weighted by molar-refractivity contribution is 7.99. The van der Waals surface area contributed by atoms with Crippen molar-refractivity contribution in [3.63, 3.8) is 0 Å². The van der Waals surface area contributed by atoms with Gasteiger partial charge in [0, 0.05) is 29.7 Å². The molecule has 0 aliphatic carbocycles. The van der Waals surface area contributed by atoms with Gasteiger partial charge in [-0.05, 0) is 69.7 Å². The number of alkyl carbamates (subject to hydrolysis) is 1. The van der Waals surface area contributed by atoms with Crippen molar-refractivity contribution < 1.29 is 24.2 Å².